The van der Waals surface area contributed by atoms with Gasteiger partial charge in [0.1, 0.15) is 121 Å². The first kappa shape index (κ1) is 99.3. The summed E-state index contributed by atoms with van der Waals surface area (Å²) in [5.41, 5.74) is -7.13. The van der Waals surface area contributed by atoms with E-state index in [1.807, 2.05) is 0 Å². The molecule has 22 N–H and O–H groups in total. The molecule has 0 aromatic rings. The van der Waals surface area contributed by atoms with Crippen molar-refractivity contribution in [2.45, 2.75) is 398 Å². The van der Waals surface area contributed by atoms with E-state index in [4.69, 9.17) is 76.2 Å². The first-order chi connectivity index (χ1) is 58.0. The zero-order chi connectivity index (χ0) is 89.7. The molecule has 43 atom stereocenters. The Balaban J connectivity index is 0.787. The summed E-state index contributed by atoms with van der Waals surface area (Å²) in [6, 6.07) is 0. The number of unbranched alkanes of at least 4 members (excludes halogenated alkanes) is 7. The molecular formula is C84H140O39. The molecule has 0 aromatic carbocycles. The van der Waals surface area contributed by atoms with Crippen LogP contribution in [0.25, 0.3) is 0 Å². The molecule has 7 heterocycles. The summed E-state index contributed by atoms with van der Waals surface area (Å²) in [7, 11) is 0. The topological polar surface area (TPSA) is 618 Å². The SMILES string of the molecule is CC1OC(OC2C(OC(=O)C34CCC(C)(C)CC3C3=CCC5C6(C)CC(O)C(OC7OC(COC8OCC(O)C(O)C8O)C(O)C(O)C7O)C(C)(CO)C6CCC5(C)C3(C)CC4O)OC(C)C(OC(=O)C(CCCCCCC(O)CCCCCCCO)OC3OCC(O)C(O)C3O)C2O)C(O)C(O)C1OC1OCC(OC2OCC(O)(CO)C2O)C(O)C1O. The Labute approximate surface area is 715 Å². The van der Waals surface area contributed by atoms with Crippen LogP contribution < -0.4 is 0 Å². The van der Waals surface area contributed by atoms with Gasteiger partial charge in [0.2, 0.25) is 6.29 Å². The molecule has 43 unspecified atom stereocenters. The van der Waals surface area contributed by atoms with Gasteiger partial charge in [0.25, 0.3) is 0 Å². The number of aliphatic hydroxyl groups excluding tert-OH is 21. The number of aliphatic hydroxyl groups is 22. The second-order valence-electron chi connectivity index (χ2n) is 39.0. The molecule has 0 aromatic heterocycles. The fourth-order valence-corrected chi connectivity index (χ4v) is 22.6. The minimum absolute atomic E-state index is 0.00678. The zero-order valence-electron chi connectivity index (χ0n) is 71.5. The highest BCUT2D eigenvalue weighted by atomic mass is 16.8. The average Bonchev–Trinajstić information content (AvgIpc) is 1.60. The molecule has 0 amide bonds. The van der Waals surface area contributed by atoms with Crippen molar-refractivity contribution in [1.82, 2.24) is 0 Å². The van der Waals surface area contributed by atoms with E-state index in [0.29, 0.717) is 70.6 Å². The maximum Gasteiger partial charge on any atom is 0.335 e. The molecule has 7 saturated heterocycles. The standard InChI is InChI=1S/C84H140O39/c1-38-64(120-72-60(101)55(96)48(34-112-72)118-76-67(105)83(108,36-87)37-113-76)57(98)62(103)73(114-38)121-66-63(104)65(119-69(106)46(116-71-59(100)53(94)45(91)32-110-71)20-16-12-11-15-19-40(88)18-14-10-9-13-17-27-85)39(2)115-75(66)123-77(107)84-26-25-78(3,4)28-42(84)41-21-22-50-79(5)29-43(89)68(80(6,35-86)49(79)23-24-81(50,7)82(41,8)30-51(84)92)122-74-61(102)56(97)54(95)47(117-74)33-111-70-58(99)52(93)44(90)31-109-70/h21,38-40,42-68,70-76,85-105,108H,9-20,22-37H2,1-8H3. The van der Waals surface area contributed by atoms with Gasteiger partial charge >= 0.3 is 11.9 Å². The van der Waals surface area contributed by atoms with Gasteiger partial charge < -0.3 is 183 Å². The number of rotatable bonds is 33. The monoisotopic (exact) mass is 1770 g/mol. The summed E-state index contributed by atoms with van der Waals surface area (Å²) in [6.45, 7) is 11.2. The highest BCUT2D eigenvalue weighted by Gasteiger charge is 2.74. The lowest BCUT2D eigenvalue weighted by atomic mass is 9.33. The number of ether oxygens (including phenoxy) is 15. The number of hydrogen-bond acceptors (Lipinski definition) is 39. The van der Waals surface area contributed by atoms with Crippen LogP contribution in [0.5, 0.6) is 0 Å². The third-order valence-corrected chi connectivity index (χ3v) is 30.3. The second-order valence-corrected chi connectivity index (χ2v) is 39.0. The Hall–Kier alpha value is -2.72. The Morgan fingerprint density at radius 1 is 0.504 bits per heavy atom. The molecule has 12 rings (SSSR count). The summed E-state index contributed by atoms with van der Waals surface area (Å²) in [5.74, 6) is -3.56. The van der Waals surface area contributed by atoms with Gasteiger partial charge in [-0.3, -0.25) is 4.79 Å². The second kappa shape index (κ2) is 40.4. The van der Waals surface area contributed by atoms with Gasteiger partial charge in [-0.2, -0.15) is 0 Å². The molecule has 39 nitrogen and oxygen atoms in total. The molecule has 123 heavy (non-hydrogen) atoms. The first-order valence-electron chi connectivity index (χ1n) is 44.2. The predicted octanol–water partition coefficient (Wildman–Crippen LogP) is -4.09. The van der Waals surface area contributed by atoms with Crippen LogP contribution in [0.15, 0.2) is 11.6 Å². The lowest BCUT2D eigenvalue weighted by Gasteiger charge is -2.72. The van der Waals surface area contributed by atoms with Crippen molar-refractivity contribution in [2.24, 2.45) is 50.2 Å². The summed E-state index contributed by atoms with van der Waals surface area (Å²) >= 11 is 0. The first-order valence-corrected chi connectivity index (χ1v) is 44.2. The maximum atomic E-state index is 16.3. The van der Waals surface area contributed by atoms with Crippen molar-refractivity contribution in [3.8, 4) is 0 Å². The zero-order valence-corrected chi connectivity index (χ0v) is 71.5. The number of esters is 2. The van der Waals surface area contributed by atoms with E-state index in [1.54, 1.807) is 6.92 Å². The molecular weight excluding hydrogens is 1630 g/mol. The number of hydrogen-bond donors (Lipinski definition) is 22. The fourth-order valence-electron chi connectivity index (χ4n) is 22.6. The normalized spacial score (nSPS) is 49.2. The summed E-state index contributed by atoms with van der Waals surface area (Å²) in [5, 5.41) is 245. The molecule has 11 fully saturated rings. The number of allylic oxidation sites excluding steroid dienone is 2. The largest absolute Gasteiger partial charge is 0.455 e. The molecule has 0 spiro atoms. The number of fused-ring (bicyclic) bond motifs is 7. The van der Waals surface area contributed by atoms with Crippen molar-refractivity contribution in [3.05, 3.63) is 11.6 Å². The summed E-state index contributed by atoms with van der Waals surface area (Å²) in [6.07, 6.45) is -45.0. The van der Waals surface area contributed by atoms with Gasteiger partial charge in [0.05, 0.1) is 82.9 Å². The van der Waals surface area contributed by atoms with Crippen LogP contribution in [0.3, 0.4) is 0 Å². The van der Waals surface area contributed by atoms with Crippen LogP contribution >= 0.6 is 0 Å². The van der Waals surface area contributed by atoms with E-state index >= 15 is 4.79 Å². The van der Waals surface area contributed by atoms with Crippen LogP contribution in [0.4, 0.5) is 0 Å². The number of carbonyl (C=O) groups excluding carboxylic acids is 2. The van der Waals surface area contributed by atoms with Crippen LogP contribution in [0, 0.1) is 50.2 Å². The van der Waals surface area contributed by atoms with Crippen molar-refractivity contribution in [2.75, 3.05) is 52.9 Å². The maximum absolute atomic E-state index is 16.3. The lowest BCUT2D eigenvalue weighted by Crippen LogP contribution is -2.70. The lowest BCUT2D eigenvalue weighted by molar-refractivity contribution is -0.376. The molecule has 0 bridgehead atoms. The van der Waals surface area contributed by atoms with Gasteiger partial charge in [-0.1, -0.05) is 105 Å². The van der Waals surface area contributed by atoms with Gasteiger partial charge in [-0.25, -0.2) is 4.79 Å². The van der Waals surface area contributed by atoms with Gasteiger partial charge in [-0.05, 0) is 130 Å². The van der Waals surface area contributed by atoms with E-state index in [1.165, 1.54) is 13.8 Å². The fraction of sp³-hybridized carbons (Fsp3) is 0.952. The van der Waals surface area contributed by atoms with E-state index < -0.39 is 317 Å². The van der Waals surface area contributed by atoms with E-state index in [2.05, 4.69) is 40.7 Å². The molecule has 39 heteroatoms. The highest BCUT2D eigenvalue weighted by Crippen LogP contribution is 2.76. The van der Waals surface area contributed by atoms with Gasteiger partial charge in [0.15, 0.2) is 56.1 Å². The summed E-state index contributed by atoms with van der Waals surface area (Å²) in [4.78, 5) is 31.2. The predicted molar refractivity (Wildman–Crippen MR) is 416 cm³/mol. The molecule has 5 aliphatic carbocycles. The van der Waals surface area contributed by atoms with Crippen molar-refractivity contribution in [3.63, 3.8) is 0 Å². The minimum atomic E-state index is -2.16. The van der Waals surface area contributed by atoms with Crippen LogP contribution in [0.2, 0.25) is 0 Å². The highest BCUT2D eigenvalue weighted by molar-refractivity contribution is 5.80. The van der Waals surface area contributed by atoms with Crippen LogP contribution in [-0.4, -0.2) is 392 Å². The molecule has 12 aliphatic rings. The molecule has 0 radical (unpaired) electrons. The minimum Gasteiger partial charge on any atom is -0.455 e. The Bertz CT molecular complexity index is 3440. The van der Waals surface area contributed by atoms with Crippen molar-refractivity contribution in [1.29, 1.82) is 0 Å². The van der Waals surface area contributed by atoms with E-state index in [0.717, 1.165) is 37.7 Å². The molecule has 710 valence electrons. The molecule has 7 aliphatic heterocycles. The van der Waals surface area contributed by atoms with E-state index in [-0.39, 0.29) is 38.2 Å². The third-order valence-electron chi connectivity index (χ3n) is 30.3. The van der Waals surface area contributed by atoms with Crippen molar-refractivity contribution < 1.29 is 193 Å². The summed E-state index contributed by atoms with van der Waals surface area (Å²) < 4.78 is 90.0. The van der Waals surface area contributed by atoms with Gasteiger partial charge in [-0.15, -0.1) is 0 Å². The van der Waals surface area contributed by atoms with E-state index in [9.17, 15) is 112 Å². The third kappa shape index (κ3) is 19.7. The smallest absolute Gasteiger partial charge is 0.335 e. The number of carbonyl (C=O) groups is 2. The van der Waals surface area contributed by atoms with Crippen molar-refractivity contribution >= 4 is 11.9 Å². The van der Waals surface area contributed by atoms with Crippen LogP contribution in [0.1, 0.15) is 184 Å². The van der Waals surface area contributed by atoms with Gasteiger partial charge in [0, 0.05) is 12.0 Å². The quantitative estimate of drug-likeness (QED) is 0.0129. The van der Waals surface area contributed by atoms with Crippen LogP contribution in [-0.2, 0) is 80.6 Å². The Kier molecular flexibility index (Phi) is 32.6. The Morgan fingerprint density at radius 3 is 1.73 bits per heavy atom. The molecule has 4 saturated carbocycles. The average molecular weight is 1770 g/mol. The Morgan fingerprint density at radius 2 is 1.08 bits per heavy atom.